The lowest BCUT2D eigenvalue weighted by Crippen LogP contribution is -2.36. The number of nitrogens with one attached hydrogen (secondary N) is 1. The maximum Gasteiger partial charge on any atom is 0.256 e. The van der Waals surface area contributed by atoms with Crippen LogP contribution in [0.3, 0.4) is 0 Å². The van der Waals surface area contributed by atoms with Gasteiger partial charge < -0.3 is 24.4 Å². The van der Waals surface area contributed by atoms with Gasteiger partial charge in [0.25, 0.3) is 5.91 Å². The van der Waals surface area contributed by atoms with Crippen LogP contribution in [0.25, 0.3) is 10.9 Å². The monoisotopic (exact) mass is 495 g/mol. The SMILES string of the molecule is CCOc1cc(N2CCOCC2)c(OCC)cc1NC(=O)c1c2c(nc3ccc(Cl)cc13)CCC2. The molecule has 0 bridgehead atoms. The quantitative estimate of drug-likeness (QED) is 0.482. The highest BCUT2D eigenvalue weighted by atomic mass is 35.5. The third-order valence-electron chi connectivity index (χ3n) is 6.46. The van der Waals surface area contributed by atoms with Crippen LogP contribution in [0.15, 0.2) is 30.3 Å². The molecular formula is C27H30ClN3O4. The van der Waals surface area contributed by atoms with Crippen molar-refractivity contribution in [3.63, 3.8) is 0 Å². The Hall–Kier alpha value is -3.03. The number of aromatic nitrogens is 1. The van der Waals surface area contributed by atoms with Gasteiger partial charge in [0.2, 0.25) is 0 Å². The number of nitrogens with zero attached hydrogens (tertiary/aromatic N) is 2. The molecule has 1 saturated heterocycles. The average Bonchev–Trinajstić information content (AvgIpc) is 3.33. The Morgan fingerprint density at radius 3 is 2.63 bits per heavy atom. The van der Waals surface area contributed by atoms with Crippen LogP contribution in [0.2, 0.25) is 5.02 Å². The molecule has 0 radical (unpaired) electrons. The summed E-state index contributed by atoms with van der Waals surface area (Å²) in [5.74, 6) is 1.13. The van der Waals surface area contributed by atoms with Crippen LogP contribution >= 0.6 is 11.6 Å². The number of carbonyl (C=O) groups excluding carboxylic acids is 1. The first-order valence-electron chi connectivity index (χ1n) is 12.3. The molecule has 2 aromatic carbocycles. The van der Waals surface area contributed by atoms with Crippen molar-refractivity contribution in [3.05, 3.63) is 52.2 Å². The van der Waals surface area contributed by atoms with Crippen LogP contribution < -0.4 is 19.7 Å². The molecule has 0 unspecified atom stereocenters. The Balaban J connectivity index is 1.57. The van der Waals surface area contributed by atoms with E-state index in [-0.39, 0.29) is 5.91 Å². The molecule has 1 N–H and O–H groups in total. The minimum absolute atomic E-state index is 0.194. The van der Waals surface area contributed by atoms with E-state index in [4.69, 9.17) is 30.8 Å². The van der Waals surface area contributed by atoms with Crippen molar-refractivity contribution in [2.45, 2.75) is 33.1 Å². The second-order valence-corrected chi connectivity index (χ2v) is 9.10. The van der Waals surface area contributed by atoms with Crippen molar-refractivity contribution in [1.29, 1.82) is 0 Å². The molecule has 0 atom stereocenters. The third kappa shape index (κ3) is 4.75. The van der Waals surface area contributed by atoms with E-state index < -0.39 is 0 Å². The standard InChI is InChI=1S/C27H30ClN3O4/c1-3-34-24-16-23(31-10-12-33-13-11-31)25(35-4-2)15-22(24)30-27(32)26-18-6-5-7-20(18)29-21-9-8-17(28)14-19(21)26/h8-9,14-16H,3-7,10-13H2,1-2H3,(H,30,32). The largest absolute Gasteiger partial charge is 0.492 e. The Morgan fingerprint density at radius 1 is 1.09 bits per heavy atom. The fourth-order valence-electron chi connectivity index (χ4n) is 4.92. The lowest BCUT2D eigenvalue weighted by molar-refractivity contribution is 0.102. The number of aryl methyl sites for hydroxylation is 1. The molecule has 8 heteroatoms. The lowest BCUT2D eigenvalue weighted by Gasteiger charge is -2.31. The molecule has 1 aliphatic heterocycles. The van der Waals surface area contributed by atoms with Gasteiger partial charge in [0.1, 0.15) is 11.5 Å². The number of fused-ring (bicyclic) bond motifs is 2. The molecule has 1 aromatic heterocycles. The summed E-state index contributed by atoms with van der Waals surface area (Å²) in [4.78, 5) is 20.8. The number of halogens is 1. The van der Waals surface area contributed by atoms with Crippen LogP contribution in [-0.2, 0) is 17.6 Å². The molecule has 2 heterocycles. The predicted molar refractivity (Wildman–Crippen MR) is 139 cm³/mol. The molecule has 0 saturated carbocycles. The van der Waals surface area contributed by atoms with Gasteiger partial charge in [0.15, 0.2) is 0 Å². The topological polar surface area (TPSA) is 72.9 Å². The number of hydrogen-bond donors (Lipinski definition) is 1. The van der Waals surface area contributed by atoms with Gasteiger partial charge in [-0.05, 0) is 56.9 Å². The van der Waals surface area contributed by atoms with E-state index in [9.17, 15) is 4.79 Å². The number of pyridine rings is 1. The number of rotatable bonds is 7. The van der Waals surface area contributed by atoms with E-state index in [1.165, 1.54) is 0 Å². The van der Waals surface area contributed by atoms with Crippen molar-refractivity contribution >= 4 is 39.8 Å². The summed E-state index contributed by atoms with van der Waals surface area (Å²) in [5.41, 5.74) is 4.94. The van der Waals surface area contributed by atoms with Gasteiger partial charge in [0.05, 0.1) is 48.9 Å². The van der Waals surface area contributed by atoms with Crippen LogP contribution in [-0.4, -0.2) is 50.4 Å². The number of hydrogen-bond acceptors (Lipinski definition) is 6. The molecule has 5 rings (SSSR count). The van der Waals surface area contributed by atoms with Crippen LogP contribution in [0.5, 0.6) is 11.5 Å². The van der Waals surface area contributed by atoms with Crippen molar-refractivity contribution in [3.8, 4) is 11.5 Å². The zero-order chi connectivity index (χ0) is 24.4. The number of ether oxygens (including phenoxy) is 3. The smallest absolute Gasteiger partial charge is 0.256 e. The number of morpholine rings is 1. The Bertz CT molecular complexity index is 1260. The first kappa shape index (κ1) is 23.7. The van der Waals surface area contributed by atoms with Crippen molar-refractivity contribution in [1.82, 2.24) is 4.98 Å². The number of benzene rings is 2. The van der Waals surface area contributed by atoms with Gasteiger partial charge >= 0.3 is 0 Å². The molecule has 0 spiro atoms. The first-order valence-corrected chi connectivity index (χ1v) is 12.7. The van der Waals surface area contributed by atoms with E-state index in [1.54, 1.807) is 0 Å². The summed E-state index contributed by atoms with van der Waals surface area (Å²) in [5, 5.41) is 4.47. The molecule has 184 valence electrons. The minimum Gasteiger partial charge on any atom is -0.492 e. The highest BCUT2D eigenvalue weighted by molar-refractivity contribution is 6.31. The maximum absolute atomic E-state index is 13.8. The number of carbonyl (C=O) groups is 1. The molecule has 2 aliphatic rings. The Kier molecular flexibility index (Phi) is 6.97. The van der Waals surface area contributed by atoms with Crippen LogP contribution in [0.4, 0.5) is 11.4 Å². The van der Waals surface area contributed by atoms with Crippen molar-refractivity contribution in [2.24, 2.45) is 0 Å². The maximum atomic E-state index is 13.8. The summed E-state index contributed by atoms with van der Waals surface area (Å²) in [6.07, 6.45) is 2.69. The van der Waals surface area contributed by atoms with Gasteiger partial charge in [-0.2, -0.15) is 0 Å². The molecule has 35 heavy (non-hydrogen) atoms. The van der Waals surface area contributed by atoms with Crippen molar-refractivity contribution in [2.75, 3.05) is 49.7 Å². The van der Waals surface area contributed by atoms with Gasteiger partial charge in [-0.15, -0.1) is 0 Å². The first-order chi connectivity index (χ1) is 17.1. The van der Waals surface area contributed by atoms with Gasteiger partial charge in [0, 0.05) is 41.3 Å². The summed E-state index contributed by atoms with van der Waals surface area (Å²) < 4.78 is 17.5. The third-order valence-corrected chi connectivity index (χ3v) is 6.70. The number of anilines is 2. The zero-order valence-corrected chi connectivity index (χ0v) is 20.9. The van der Waals surface area contributed by atoms with Crippen LogP contribution in [0.1, 0.15) is 41.9 Å². The van der Waals surface area contributed by atoms with E-state index >= 15 is 0 Å². The zero-order valence-electron chi connectivity index (χ0n) is 20.2. The van der Waals surface area contributed by atoms with Crippen LogP contribution in [0, 0.1) is 0 Å². The highest BCUT2D eigenvalue weighted by Crippen LogP contribution is 2.40. The van der Waals surface area contributed by atoms with Gasteiger partial charge in [-0.1, -0.05) is 11.6 Å². The number of amides is 1. The summed E-state index contributed by atoms with van der Waals surface area (Å²) in [6.45, 7) is 7.74. The summed E-state index contributed by atoms with van der Waals surface area (Å²) in [7, 11) is 0. The fourth-order valence-corrected chi connectivity index (χ4v) is 5.10. The normalized spacial score (nSPS) is 15.2. The van der Waals surface area contributed by atoms with Gasteiger partial charge in [-0.3, -0.25) is 9.78 Å². The summed E-state index contributed by atoms with van der Waals surface area (Å²) >= 11 is 6.31. The highest BCUT2D eigenvalue weighted by Gasteiger charge is 2.26. The average molecular weight is 496 g/mol. The second kappa shape index (κ2) is 10.3. The van der Waals surface area contributed by atoms with Gasteiger partial charge in [-0.25, -0.2) is 0 Å². The molecule has 3 aromatic rings. The lowest BCUT2D eigenvalue weighted by atomic mass is 10.0. The van der Waals surface area contributed by atoms with E-state index in [0.29, 0.717) is 54.2 Å². The second-order valence-electron chi connectivity index (χ2n) is 8.66. The molecule has 1 amide bonds. The fraction of sp³-hybridized carbons (Fsp3) is 0.407. The molecule has 1 fully saturated rings. The molecular weight excluding hydrogens is 466 g/mol. The van der Waals surface area contributed by atoms with E-state index in [0.717, 1.165) is 60.2 Å². The van der Waals surface area contributed by atoms with Crippen molar-refractivity contribution < 1.29 is 19.0 Å². The molecule has 7 nitrogen and oxygen atoms in total. The van der Waals surface area contributed by atoms with E-state index in [2.05, 4.69) is 10.2 Å². The van der Waals surface area contributed by atoms with E-state index in [1.807, 2.05) is 44.2 Å². The summed E-state index contributed by atoms with van der Waals surface area (Å²) in [6, 6.07) is 9.35. The molecule has 1 aliphatic carbocycles. The Morgan fingerprint density at radius 2 is 1.86 bits per heavy atom. The minimum atomic E-state index is -0.194. The predicted octanol–water partition coefficient (Wildman–Crippen LogP) is 5.26. The Labute approximate surface area is 210 Å².